The van der Waals surface area contributed by atoms with Crippen LogP contribution in [0.5, 0.6) is 0 Å². The molecule has 124 valence electrons. The molecule has 1 saturated heterocycles. The SMILES string of the molecule is Cc1cnn(CC2CCN(C(=O)c3cn(CCN)nn3)CC2)c1. The Morgan fingerprint density at radius 3 is 2.74 bits per heavy atom. The second kappa shape index (κ2) is 6.91. The predicted octanol–water partition coefficient (Wildman–Crippen LogP) is 0.294. The third-order valence-corrected chi connectivity index (χ3v) is 4.23. The lowest BCUT2D eigenvalue weighted by Crippen LogP contribution is -2.39. The first-order valence-corrected chi connectivity index (χ1v) is 8.04. The van der Waals surface area contributed by atoms with Crippen LogP contribution >= 0.6 is 0 Å². The summed E-state index contributed by atoms with van der Waals surface area (Å²) in [7, 11) is 0. The van der Waals surface area contributed by atoms with Crippen LogP contribution in [0.2, 0.25) is 0 Å². The van der Waals surface area contributed by atoms with E-state index < -0.39 is 0 Å². The van der Waals surface area contributed by atoms with E-state index >= 15 is 0 Å². The maximum atomic E-state index is 12.4. The summed E-state index contributed by atoms with van der Waals surface area (Å²) >= 11 is 0. The van der Waals surface area contributed by atoms with E-state index in [4.69, 9.17) is 5.73 Å². The van der Waals surface area contributed by atoms with E-state index in [9.17, 15) is 4.79 Å². The largest absolute Gasteiger partial charge is 0.337 e. The van der Waals surface area contributed by atoms with Crippen molar-refractivity contribution in [1.82, 2.24) is 29.7 Å². The number of aromatic nitrogens is 5. The number of likely N-dealkylation sites (tertiary alicyclic amines) is 1. The van der Waals surface area contributed by atoms with Gasteiger partial charge in [0.2, 0.25) is 0 Å². The van der Waals surface area contributed by atoms with Crippen LogP contribution in [0.25, 0.3) is 0 Å². The molecule has 0 bridgehead atoms. The Hall–Kier alpha value is -2.22. The number of piperidine rings is 1. The number of amides is 1. The fourth-order valence-corrected chi connectivity index (χ4v) is 2.95. The van der Waals surface area contributed by atoms with E-state index in [-0.39, 0.29) is 5.91 Å². The zero-order valence-corrected chi connectivity index (χ0v) is 13.4. The van der Waals surface area contributed by atoms with Crippen LogP contribution in [0.3, 0.4) is 0 Å². The fourth-order valence-electron chi connectivity index (χ4n) is 2.95. The molecule has 0 aromatic carbocycles. The number of rotatable bonds is 5. The second-order valence-corrected chi connectivity index (χ2v) is 6.13. The Balaban J connectivity index is 1.52. The number of carbonyl (C=O) groups excluding carboxylic acids is 1. The molecule has 0 atom stereocenters. The van der Waals surface area contributed by atoms with Crippen molar-refractivity contribution in [1.29, 1.82) is 0 Å². The minimum atomic E-state index is -0.0401. The van der Waals surface area contributed by atoms with Gasteiger partial charge >= 0.3 is 0 Å². The van der Waals surface area contributed by atoms with E-state index in [0.717, 1.165) is 32.5 Å². The van der Waals surface area contributed by atoms with Crippen LogP contribution in [0.15, 0.2) is 18.6 Å². The molecule has 1 fully saturated rings. The van der Waals surface area contributed by atoms with Crippen LogP contribution in [0, 0.1) is 12.8 Å². The van der Waals surface area contributed by atoms with Gasteiger partial charge in [-0.2, -0.15) is 5.10 Å². The van der Waals surface area contributed by atoms with E-state index in [2.05, 4.69) is 21.6 Å². The Morgan fingerprint density at radius 1 is 1.30 bits per heavy atom. The average Bonchev–Trinajstić information content (AvgIpc) is 3.17. The molecule has 8 heteroatoms. The third kappa shape index (κ3) is 3.76. The van der Waals surface area contributed by atoms with Crippen LogP contribution in [-0.2, 0) is 13.1 Å². The highest BCUT2D eigenvalue weighted by molar-refractivity contribution is 5.91. The molecule has 0 unspecified atom stereocenters. The Kier molecular flexibility index (Phi) is 4.71. The second-order valence-electron chi connectivity index (χ2n) is 6.13. The topological polar surface area (TPSA) is 94.9 Å². The summed E-state index contributed by atoms with van der Waals surface area (Å²) in [5.74, 6) is 0.521. The molecule has 0 aliphatic carbocycles. The van der Waals surface area contributed by atoms with Crippen LogP contribution in [0.4, 0.5) is 0 Å². The first kappa shape index (κ1) is 15.7. The van der Waals surface area contributed by atoms with Crippen LogP contribution < -0.4 is 5.73 Å². The highest BCUT2D eigenvalue weighted by Gasteiger charge is 2.25. The predicted molar refractivity (Wildman–Crippen MR) is 84.7 cm³/mol. The summed E-state index contributed by atoms with van der Waals surface area (Å²) in [6.07, 6.45) is 7.59. The van der Waals surface area contributed by atoms with Gasteiger partial charge in [-0.1, -0.05) is 5.21 Å². The summed E-state index contributed by atoms with van der Waals surface area (Å²) in [5.41, 5.74) is 7.06. The van der Waals surface area contributed by atoms with Crippen molar-refractivity contribution >= 4 is 5.91 Å². The van der Waals surface area contributed by atoms with Gasteiger partial charge in [0.05, 0.1) is 18.9 Å². The van der Waals surface area contributed by atoms with Crippen molar-refractivity contribution in [2.75, 3.05) is 19.6 Å². The van der Waals surface area contributed by atoms with Crippen molar-refractivity contribution in [2.24, 2.45) is 11.7 Å². The van der Waals surface area contributed by atoms with Gasteiger partial charge in [0, 0.05) is 32.4 Å². The monoisotopic (exact) mass is 317 g/mol. The van der Waals surface area contributed by atoms with Crippen molar-refractivity contribution in [2.45, 2.75) is 32.9 Å². The smallest absolute Gasteiger partial charge is 0.276 e. The molecular formula is C15H23N7O. The molecule has 0 radical (unpaired) electrons. The standard InChI is InChI=1S/C15H23N7O/c1-12-8-17-22(9-12)10-13-2-5-20(6-3-13)15(23)14-11-21(7-4-16)19-18-14/h8-9,11,13H,2-7,10,16H2,1H3. The Labute approximate surface area is 135 Å². The number of aryl methyl sites for hydroxylation is 1. The molecular weight excluding hydrogens is 294 g/mol. The summed E-state index contributed by atoms with van der Waals surface area (Å²) in [6.45, 7) is 5.53. The van der Waals surface area contributed by atoms with Gasteiger partial charge in [-0.05, 0) is 31.2 Å². The minimum absolute atomic E-state index is 0.0401. The normalized spacial score (nSPS) is 16.0. The molecule has 1 aliphatic rings. The molecule has 0 spiro atoms. The first-order chi connectivity index (χ1) is 11.2. The van der Waals surface area contributed by atoms with Gasteiger partial charge < -0.3 is 10.6 Å². The van der Waals surface area contributed by atoms with Crippen molar-refractivity contribution in [3.05, 3.63) is 29.8 Å². The average molecular weight is 317 g/mol. The molecule has 1 amide bonds. The quantitative estimate of drug-likeness (QED) is 0.855. The number of hydrogen-bond donors (Lipinski definition) is 1. The lowest BCUT2D eigenvalue weighted by Gasteiger charge is -2.31. The van der Waals surface area contributed by atoms with Gasteiger partial charge in [0.15, 0.2) is 5.69 Å². The summed E-state index contributed by atoms with van der Waals surface area (Å²) in [6, 6.07) is 0. The summed E-state index contributed by atoms with van der Waals surface area (Å²) in [5, 5.41) is 12.2. The van der Waals surface area contributed by atoms with Gasteiger partial charge in [-0.3, -0.25) is 14.2 Å². The first-order valence-electron chi connectivity index (χ1n) is 8.04. The molecule has 2 N–H and O–H groups in total. The van der Waals surface area contributed by atoms with Gasteiger partial charge in [-0.25, -0.2) is 0 Å². The maximum absolute atomic E-state index is 12.4. The van der Waals surface area contributed by atoms with E-state index in [1.165, 1.54) is 5.56 Å². The molecule has 3 rings (SSSR count). The van der Waals surface area contributed by atoms with Gasteiger partial charge in [-0.15, -0.1) is 5.10 Å². The van der Waals surface area contributed by atoms with Crippen molar-refractivity contribution in [3.8, 4) is 0 Å². The van der Waals surface area contributed by atoms with E-state index in [1.807, 2.05) is 22.7 Å². The maximum Gasteiger partial charge on any atom is 0.276 e. The van der Waals surface area contributed by atoms with Crippen molar-refractivity contribution < 1.29 is 4.79 Å². The fraction of sp³-hybridized carbons (Fsp3) is 0.600. The number of hydrogen-bond acceptors (Lipinski definition) is 5. The third-order valence-electron chi connectivity index (χ3n) is 4.23. The Bertz CT molecular complexity index is 654. The number of nitrogens with two attached hydrogens (primary N) is 1. The highest BCUT2D eigenvalue weighted by atomic mass is 16.2. The number of carbonyl (C=O) groups is 1. The molecule has 0 saturated carbocycles. The molecule has 3 heterocycles. The molecule has 2 aromatic rings. The molecule has 1 aliphatic heterocycles. The molecule has 8 nitrogen and oxygen atoms in total. The van der Waals surface area contributed by atoms with E-state index in [0.29, 0.717) is 24.7 Å². The lowest BCUT2D eigenvalue weighted by molar-refractivity contribution is 0.0675. The van der Waals surface area contributed by atoms with Gasteiger partial charge in [0.1, 0.15) is 0 Å². The van der Waals surface area contributed by atoms with Crippen LogP contribution in [-0.4, -0.2) is 55.2 Å². The zero-order chi connectivity index (χ0) is 16.2. The molecule has 2 aromatic heterocycles. The minimum Gasteiger partial charge on any atom is -0.337 e. The number of nitrogens with zero attached hydrogens (tertiary/aromatic N) is 6. The van der Waals surface area contributed by atoms with Gasteiger partial charge in [0.25, 0.3) is 5.91 Å². The zero-order valence-electron chi connectivity index (χ0n) is 13.4. The van der Waals surface area contributed by atoms with Crippen molar-refractivity contribution in [3.63, 3.8) is 0 Å². The summed E-state index contributed by atoms with van der Waals surface area (Å²) in [4.78, 5) is 14.3. The van der Waals surface area contributed by atoms with E-state index in [1.54, 1.807) is 10.9 Å². The van der Waals surface area contributed by atoms with Crippen LogP contribution in [0.1, 0.15) is 28.9 Å². The molecule has 23 heavy (non-hydrogen) atoms. The summed E-state index contributed by atoms with van der Waals surface area (Å²) < 4.78 is 3.61. The lowest BCUT2D eigenvalue weighted by atomic mass is 9.96. The Morgan fingerprint density at radius 2 is 2.09 bits per heavy atom. The highest BCUT2D eigenvalue weighted by Crippen LogP contribution is 2.20.